The molecule has 1 aromatic carbocycles. The van der Waals surface area contributed by atoms with E-state index in [0.717, 1.165) is 0 Å². The van der Waals surface area contributed by atoms with E-state index in [0.29, 0.717) is 0 Å². The molecule has 0 aliphatic rings. The molecule has 1 aromatic rings. The van der Waals surface area contributed by atoms with Crippen molar-refractivity contribution in [2.24, 2.45) is 0 Å². The summed E-state index contributed by atoms with van der Waals surface area (Å²) in [7, 11) is 0. The van der Waals surface area contributed by atoms with Crippen LogP contribution >= 0.6 is 39.1 Å². The second-order valence-electron chi connectivity index (χ2n) is 2.67. The SMILES string of the molecule is O=C(CBr)c1c(OC(F)F)ccc(Cl)c1Cl. The van der Waals surface area contributed by atoms with E-state index in [1.165, 1.54) is 12.1 Å². The van der Waals surface area contributed by atoms with E-state index in [2.05, 4.69) is 20.7 Å². The molecule has 1 rings (SSSR count). The highest BCUT2D eigenvalue weighted by Gasteiger charge is 2.20. The van der Waals surface area contributed by atoms with Gasteiger partial charge >= 0.3 is 6.61 Å². The number of rotatable bonds is 4. The first-order valence-corrected chi connectivity index (χ1v) is 5.87. The standard InChI is InChI=1S/C9H5BrCl2F2O2/c10-3-5(15)7-6(16-9(13)14)2-1-4(11)8(7)12/h1-2,9H,3H2. The normalized spacial score (nSPS) is 10.6. The number of carbonyl (C=O) groups is 1. The minimum Gasteiger partial charge on any atom is -0.434 e. The molecule has 0 unspecified atom stereocenters. The second kappa shape index (κ2) is 5.80. The first-order valence-electron chi connectivity index (χ1n) is 3.99. The highest BCUT2D eigenvalue weighted by molar-refractivity contribution is 9.09. The molecule has 2 nitrogen and oxygen atoms in total. The molecule has 0 bridgehead atoms. The topological polar surface area (TPSA) is 26.3 Å². The van der Waals surface area contributed by atoms with Crippen LogP contribution in [0, 0.1) is 0 Å². The summed E-state index contributed by atoms with van der Waals surface area (Å²) < 4.78 is 28.3. The molecule has 0 amide bonds. The molecule has 0 spiro atoms. The zero-order chi connectivity index (χ0) is 12.3. The average molecular weight is 334 g/mol. The summed E-state index contributed by atoms with van der Waals surface area (Å²) in [6.45, 7) is -3.03. The Hall–Kier alpha value is -0.390. The maximum absolute atomic E-state index is 12.1. The molecule has 0 fully saturated rings. The number of halogens is 5. The first-order chi connectivity index (χ1) is 7.47. The van der Waals surface area contributed by atoms with Crippen LogP contribution in [-0.2, 0) is 0 Å². The molecule has 0 aliphatic heterocycles. The molecule has 0 atom stereocenters. The van der Waals surface area contributed by atoms with Crippen molar-refractivity contribution in [2.75, 3.05) is 5.33 Å². The van der Waals surface area contributed by atoms with Crippen molar-refractivity contribution in [1.82, 2.24) is 0 Å². The van der Waals surface area contributed by atoms with E-state index in [9.17, 15) is 13.6 Å². The molecule has 0 aliphatic carbocycles. The monoisotopic (exact) mass is 332 g/mol. The van der Waals surface area contributed by atoms with E-state index in [-0.39, 0.29) is 26.7 Å². The van der Waals surface area contributed by atoms with Crippen LogP contribution in [0.5, 0.6) is 5.75 Å². The third kappa shape index (κ3) is 3.06. The summed E-state index contributed by atoms with van der Waals surface area (Å²) >= 11 is 14.4. The van der Waals surface area contributed by atoms with E-state index >= 15 is 0 Å². The van der Waals surface area contributed by atoms with Crippen molar-refractivity contribution in [2.45, 2.75) is 6.61 Å². The van der Waals surface area contributed by atoms with Crippen LogP contribution < -0.4 is 4.74 Å². The minimum atomic E-state index is -3.03. The van der Waals surface area contributed by atoms with Crippen molar-refractivity contribution in [3.05, 3.63) is 27.7 Å². The number of carbonyl (C=O) groups excluding carboxylic acids is 1. The smallest absolute Gasteiger partial charge is 0.387 e. The Balaban J connectivity index is 3.27. The molecule has 0 saturated carbocycles. The lowest BCUT2D eigenvalue weighted by atomic mass is 10.1. The Kier molecular flexibility index (Phi) is 4.95. The Bertz CT molecular complexity index is 413. The van der Waals surface area contributed by atoms with Crippen molar-refractivity contribution in [3.63, 3.8) is 0 Å². The predicted octanol–water partition coefficient (Wildman–Crippen LogP) is 4.17. The quantitative estimate of drug-likeness (QED) is 0.610. The lowest BCUT2D eigenvalue weighted by molar-refractivity contribution is -0.0501. The molecule has 0 heterocycles. The van der Waals surface area contributed by atoms with E-state index in [4.69, 9.17) is 23.2 Å². The summed E-state index contributed by atoms with van der Waals surface area (Å²) in [4.78, 5) is 11.5. The molecular formula is C9H5BrCl2F2O2. The van der Waals surface area contributed by atoms with Gasteiger partial charge in [-0.2, -0.15) is 8.78 Å². The summed E-state index contributed by atoms with van der Waals surface area (Å²) in [5.74, 6) is -0.767. The highest BCUT2D eigenvalue weighted by atomic mass is 79.9. The number of ketones is 1. The first kappa shape index (κ1) is 13.7. The maximum atomic E-state index is 12.1. The second-order valence-corrected chi connectivity index (χ2v) is 4.02. The van der Waals surface area contributed by atoms with Gasteiger partial charge in [0.05, 0.1) is 20.9 Å². The number of benzene rings is 1. The predicted molar refractivity (Wildman–Crippen MR) is 61.2 cm³/mol. The van der Waals surface area contributed by atoms with Gasteiger partial charge in [0.2, 0.25) is 0 Å². The number of Topliss-reactive ketones (excluding diaryl/α,β-unsaturated/α-hetero) is 1. The number of hydrogen-bond donors (Lipinski definition) is 0. The van der Waals surface area contributed by atoms with E-state index < -0.39 is 12.4 Å². The Labute approximate surface area is 109 Å². The minimum absolute atomic E-state index is 0.0628. The van der Waals surface area contributed by atoms with Crippen LogP contribution in [0.3, 0.4) is 0 Å². The highest BCUT2D eigenvalue weighted by Crippen LogP contribution is 2.34. The van der Waals surface area contributed by atoms with Gasteiger partial charge in [-0.1, -0.05) is 39.1 Å². The molecule has 0 aromatic heterocycles. The van der Waals surface area contributed by atoms with Gasteiger partial charge in [-0.3, -0.25) is 4.79 Å². The van der Waals surface area contributed by atoms with Crippen LogP contribution in [-0.4, -0.2) is 17.7 Å². The summed E-state index contributed by atoms with van der Waals surface area (Å²) in [5, 5.41) is -0.0519. The van der Waals surface area contributed by atoms with Gasteiger partial charge in [-0.05, 0) is 12.1 Å². The van der Waals surface area contributed by atoms with Crippen LogP contribution in [0.15, 0.2) is 12.1 Å². The van der Waals surface area contributed by atoms with E-state index in [1.54, 1.807) is 0 Å². The Morgan fingerprint density at radius 1 is 1.44 bits per heavy atom. The largest absolute Gasteiger partial charge is 0.434 e. The average Bonchev–Trinajstić information content (AvgIpc) is 2.22. The fraction of sp³-hybridized carbons (Fsp3) is 0.222. The maximum Gasteiger partial charge on any atom is 0.387 e. The zero-order valence-corrected chi connectivity index (χ0v) is 10.7. The molecule has 0 N–H and O–H groups in total. The molecule has 0 radical (unpaired) electrons. The van der Waals surface area contributed by atoms with Crippen molar-refractivity contribution < 1.29 is 18.3 Å². The Morgan fingerprint density at radius 2 is 2.06 bits per heavy atom. The lowest BCUT2D eigenvalue weighted by Crippen LogP contribution is -2.09. The fourth-order valence-corrected chi connectivity index (χ4v) is 1.75. The van der Waals surface area contributed by atoms with Crippen LogP contribution in [0.1, 0.15) is 10.4 Å². The third-order valence-corrected chi connectivity index (χ3v) is 2.99. The molecular weight excluding hydrogens is 329 g/mol. The molecule has 7 heteroatoms. The van der Waals surface area contributed by atoms with Crippen molar-refractivity contribution >= 4 is 44.9 Å². The lowest BCUT2D eigenvalue weighted by Gasteiger charge is -2.11. The fourth-order valence-electron chi connectivity index (χ4n) is 1.05. The number of hydrogen-bond acceptors (Lipinski definition) is 2. The van der Waals surface area contributed by atoms with E-state index in [1.807, 2.05) is 0 Å². The van der Waals surface area contributed by atoms with Gasteiger partial charge in [0.15, 0.2) is 5.78 Å². The van der Waals surface area contributed by atoms with Crippen LogP contribution in [0.25, 0.3) is 0 Å². The summed E-state index contributed by atoms with van der Waals surface area (Å²) in [5.41, 5.74) is -0.147. The molecule has 0 saturated heterocycles. The van der Waals surface area contributed by atoms with Gasteiger partial charge < -0.3 is 4.74 Å². The summed E-state index contributed by atoms with van der Waals surface area (Å²) in [6.07, 6.45) is 0. The molecule has 88 valence electrons. The summed E-state index contributed by atoms with van der Waals surface area (Å²) in [6, 6.07) is 2.46. The van der Waals surface area contributed by atoms with Crippen LogP contribution in [0.4, 0.5) is 8.78 Å². The van der Waals surface area contributed by atoms with Crippen molar-refractivity contribution in [1.29, 1.82) is 0 Å². The number of alkyl halides is 3. The molecule has 16 heavy (non-hydrogen) atoms. The zero-order valence-electron chi connectivity index (χ0n) is 7.65. The van der Waals surface area contributed by atoms with Crippen molar-refractivity contribution in [3.8, 4) is 5.75 Å². The van der Waals surface area contributed by atoms with Gasteiger partial charge in [0.25, 0.3) is 0 Å². The van der Waals surface area contributed by atoms with Crippen LogP contribution in [0.2, 0.25) is 10.0 Å². The van der Waals surface area contributed by atoms with Gasteiger partial charge in [-0.15, -0.1) is 0 Å². The van der Waals surface area contributed by atoms with Gasteiger partial charge in [0, 0.05) is 0 Å². The van der Waals surface area contributed by atoms with Gasteiger partial charge in [0.1, 0.15) is 5.75 Å². The Morgan fingerprint density at radius 3 is 2.56 bits per heavy atom. The van der Waals surface area contributed by atoms with Gasteiger partial charge in [-0.25, -0.2) is 0 Å². The third-order valence-electron chi connectivity index (χ3n) is 1.67. The number of ether oxygens (including phenoxy) is 1.